The Morgan fingerprint density at radius 3 is 1.74 bits per heavy atom. The van der Waals surface area contributed by atoms with Crippen molar-refractivity contribution in [2.75, 3.05) is 20.3 Å². The third-order valence-electron chi connectivity index (χ3n) is 4.75. The SMILES string of the molecule is CCCCCCCCCCCCOC(=O)C(C(C)C)N(C)C(=O)OCCC. The molecule has 5 nitrogen and oxygen atoms in total. The Hall–Kier alpha value is -1.26. The number of nitrogens with zero attached hydrogens (tertiary/aromatic N) is 1. The third-order valence-corrected chi connectivity index (χ3v) is 4.75. The molecule has 0 radical (unpaired) electrons. The number of likely N-dealkylation sites (N-methyl/N-ethyl adjacent to an activating group) is 1. The van der Waals surface area contributed by atoms with E-state index in [0.29, 0.717) is 13.2 Å². The second-order valence-corrected chi connectivity index (χ2v) is 7.76. The number of ether oxygens (including phenoxy) is 2. The summed E-state index contributed by atoms with van der Waals surface area (Å²) in [6.07, 6.45) is 12.7. The number of unbranched alkanes of at least 4 members (excludes halogenated alkanes) is 9. The van der Waals surface area contributed by atoms with Gasteiger partial charge in [0.05, 0.1) is 13.2 Å². The van der Waals surface area contributed by atoms with E-state index in [1.807, 2.05) is 20.8 Å². The van der Waals surface area contributed by atoms with Crippen molar-refractivity contribution in [1.82, 2.24) is 4.90 Å². The fraction of sp³-hybridized carbons (Fsp3) is 0.909. The van der Waals surface area contributed by atoms with E-state index in [2.05, 4.69) is 6.92 Å². The van der Waals surface area contributed by atoms with Gasteiger partial charge in [-0.1, -0.05) is 85.5 Å². The van der Waals surface area contributed by atoms with Crippen molar-refractivity contribution >= 4 is 12.1 Å². The Morgan fingerprint density at radius 1 is 0.741 bits per heavy atom. The zero-order valence-corrected chi connectivity index (χ0v) is 18.4. The summed E-state index contributed by atoms with van der Waals surface area (Å²) in [4.78, 5) is 25.8. The average molecular weight is 386 g/mol. The predicted molar refractivity (Wildman–Crippen MR) is 111 cm³/mol. The van der Waals surface area contributed by atoms with Crippen LogP contribution in [-0.4, -0.2) is 43.3 Å². The van der Waals surface area contributed by atoms with Crippen molar-refractivity contribution in [1.29, 1.82) is 0 Å². The second kappa shape index (κ2) is 16.9. The molecule has 0 saturated carbocycles. The highest BCUT2D eigenvalue weighted by atomic mass is 16.6. The van der Waals surface area contributed by atoms with Gasteiger partial charge in [0.1, 0.15) is 6.04 Å². The van der Waals surface area contributed by atoms with E-state index in [1.54, 1.807) is 7.05 Å². The third kappa shape index (κ3) is 12.7. The zero-order valence-electron chi connectivity index (χ0n) is 18.4. The van der Waals surface area contributed by atoms with Gasteiger partial charge in [-0.3, -0.25) is 4.90 Å². The van der Waals surface area contributed by atoms with Crippen LogP contribution in [0.1, 0.15) is 98.3 Å². The summed E-state index contributed by atoms with van der Waals surface area (Å²) in [5.41, 5.74) is 0. The van der Waals surface area contributed by atoms with E-state index in [4.69, 9.17) is 9.47 Å². The minimum atomic E-state index is -0.600. The van der Waals surface area contributed by atoms with Gasteiger partial charge in [0.15, 0.2) is 0 Å². The van der Waals surface area contributed by atoms with Crippen LogP contribution < -0.4 is 0 Å². The molecular weight excluding hydrogens is 342 g/mol. The monoisotopic (exact) mass is 385 g/mol. The largest absolute Gasteiger partial charge is 0.464 e. The number of carbonyl (C=O) groups excluding carboxylic acids is 2. The molecule has 0 N–H and O–H groups in total. The average Bonchev–Trinajstić information content (AvgIpc) is 2.63. The highest BCUT2D eigenvalue weighted by molar-refractivity contribution is 5.81. The Morgan fingerprint density at radius 2 is 1.26 bits per heavy atom. The number of rotatable bonds is 16. The summed E-state index contributed by atoms with van der Waals surface area (Å²) >= 11 is 0. The molecule has 1 amide bonds. The minimum absolute atomic E-state index is 0.0237. The molecule has 0 fully saturated rings. The van der Waals surface area contributed by atoms with Gasteiger partial charge in [0.2, 0.25) is 0 Å². The molecule has 0 rings (SSSR count). The molecule has 5 heteroatoms. The molecule has 0 aliphatic heterocycles. The first-order valence-corrected chi connectivity index (χ1v) is 11.0. The van der Waals surface area contributed by atoms with Crippen LogP contribution in [0.25, 0.3) is 0 Å². The van der Waals surface area contributed by atoms with Gasteiger partial charge in [-0.15, -0.1) is 0 Å². The first kappa shape index (κ1) is 25.7. The molecule has 0 heterocycles. The fourth-order valence-electron chi connectivity index (χ4n) is 3.13. The van der Waals surface area contributed by atoms with Crippen LogP contribution in [0.2, 0.25) is 0 Å². The highest BCUT2D eigenvalue weighted by Crippen LogP contribution is 2.14. The molecule has 160 valence electrons. The Bertz CT molecular complexity index is 385. The highest BCUT2D eigenvalue weighted by Gasteiger charge is 2.31. The van der Waals surface area contributed by atoms with Crippen molar-refractivity contribution in [3.05, 3.63) is 0 Å². The lowest BCUT2D eigenvalue weighted by Gasteiger charge is -2.28. The number of carbonyl (C=O) groups is 2. The van der Waals surface area contributed by atoms with Crippen molar-refractivity contribution in [3.8, 4) is 0 Å². The topological polar surface area (TPSA) is 55.8 Å². The van der Waals surface area contributed by atoms with Gasteiger partial charge in [-0.2, -0.15) is 0 Å². The quantitative estimate of drug-likeness (QED) is 0.243. The number of hydrogen-bond acceptors (Lipinski definition) is 4. The van der Waals surface area contributed by atoms with Gasteiger partial charge in [0.25, 0.3) is 0 Å². The lowest BCUT2D eigenvalue weighted by molar-refractivity contribution is -0.150. The van der Waals surface area contributed by atoms with Crippen molar-refractivity contribution < 1.29 is 19.1 Å². The standard InChI is InChI=1S/C22H43NO4/c1-6-8-9-10-11-12-13-14-15-16-18-26-21(24)20(19(3)4)23(5)22(25)27-17-7-2/h19-20H,6-18H2,1-5H3. The molecule has 0 aliphatic carbocycles. The first-order chi connectivity index (χ1) is 13.0. The maximum Gasteiger partial charge on any atom is 0.410 e. The second-order valence-electron chi connectivity index (χ2n) is 7.76. The Balaban J connectivity index is 3.94. The maximum absolute atomic E-state index is 12.4. The lowest BCUT2D eigenvalue weighted by Crippen LogP contribution is -2.46. The van der Waals surface area contributed by atoms with Crippen molar-refractivity contribution in [2.24, 2.45) is 5.92 Å². The number of amides is 1. The normalized spacial score (nSPS) is 12.1. The van der Waals surface area contributed by atoms with E-state index >= 15 is 0 Å². The minimum Gasteiger partial charge on any atom is -0.464 e. The zero-order chi connectivity index (χ0) is 20.5. The van der Waals surface area contributed by atoms with Crippen LogP contribution in [-0.2, 0) is 14.3 Å². The van der Waals surface area contributed by atoms with Crippen LogP contribution in [0.3, 0.4) is 0 Å². The Labute approximate surface area is 167 Å². The lowest BCUT2D eigenvalue weighted by atomic mass is 10.0. The van der Waals surface area contributed by atoms with Crippen LogP contribution in [0.15, 0.2) is 0 Å². The van der Waals surface area contributed by atoms with Gasteiger partial charge in [-0.25, -0.2) is 9.59 Å². The molecule has 0 aromatic heterocycles. The number of hydrogen-bond donors (Lipinski definition) is 0. The summed E-state index contributed by atoms with van der Waals surface area (Å²) in [5, 5.41) is 0. The van der Waals surface area contributed by atoms with Crippen LogP contribution in [0.5, 0.6) is 0 Å². The molecule has 1 atom stereocenters. The van der Waals surface area contributed by atoms with Gasteiger partial charge >= 0.3 is 12.1 Å². The van der Waals surface area contributed by atoms with Crippen LogP contribution in [0.4, 0.5) is 4.79 Å². The van der Waals surface area contributed by atoms with Crippen LogP contribution >= 0.6 is 0 Å². The Kier molecular flexibility index (Phi) is 16.1. The summed E-state index contributed by atoms with van der Waals surface area (Å²) in [7, 11) is 1.60. The predicted octanol–water partition coefficient (Wildman–Crippen LogP) is 5.95. The van der Waals surface area contributed by atoms with E-state index in [9.17, 15) is 9.59 Å². The van der Waals surface area contributed by atoms with Crippen molar-refractivity contribution in [2.45, 2.75) is 104 Å². The molecule has 27 heavy (non-hydrogen) atoms. The van der Waals surface area contributed by atoms with E-state index < -0.39 is 12.1 Å². The number of esters is 1. The van der Waals surface area contributed by atoms with Gasteiger partial charge in [0, 0.05) is 7.05 Å². The van der Waals surface area contributed by atoms with Gasteiger partial charge in [-0.05, 0) is 18.8 Å². The van der Waals surface area contributed by atoms with E-state index in [0.717, 1.165) is 19.3 Å². The summed E-state index contributed by atoms with van der Waals surface area (Å²) in [6, 6.07) is -0.600. The molecule has 0 aromatic rings. The van der Waals surface area contributed by atoms with Crippen molar-refractivity contribution in [3.63, 3.8) is 0 Å². The molecule has 0 aromatic carbocycles. The fourth-order valence-corrected chi connectivity index (χ4v) is 3.13. The molecule has 0 bridgehead atoms. The maximum atomic E-state index is 12.4. The first-order valence-electron chi connectivity index (χ1n) is 11.0. The molecule has 0 saturated heterocycles. The van der Waals surface area contributed by atoms with E-state index in [-0.39, 0.29) is 11.9 Å². The van der Waals surface area contributed by atoms with Gasteiger partial charge < -0.3 is 9.47 Å². The molecule has 0 spiro atoms. The summed E-state index contributed by atoms with van der Waals surface area (Å²) in [6.45, 7) is 8.80. The smallest absolute Gasteiger partial charge is 0.410 e. The molecule has 1 unspecified atom stereocenters. The summed E-state index contributed by atoms with van der Waals surface area (Å²) in [5.74, 6) is -0.360. The molecule has 0 aliphatic rings. The van der Waals surface area contributed by atoms with E-state index in [1.165, 1.54) is 56.3 Å². The summed E-state index contributed by atoms with van der Waals surface area (Å²) < 4.78 is 10.5. The molecular formula is C22H43NO4. The van der Waals surface area contributed by atoms with Crippen LogP contribution in [0, 0.1) is 5.92 Å².